The van der Waals surface area contributed by atoms with Crippen molar-refractivity contribution >= 4 is 27.5 Å². The van der Waals surface area contributed by atoms with Gasteiger partial charge in [0.25, 0.3) is 0 Å². The Balaban J connectivity index is 2.48. The van der Waals surface area contributed by atoms with Crippen molar-refractivity contribution in [3.05, 3.63) is 59.2 Å². The summed E-state index contributed by atoms with van der Waals surface area (Å²) in [5.41, 5.74) is 2.84. The molecule has 2 aromatic carbocycles. The van der Waals surface area contributed by atoms with E-state index >= 15 is 0 Å². The van der Waals surface area contributed by atoms with Crippen molar-refractivity contribution in [3.63, 3.8) is 0 Å². The lowest BCUT2D eigenvalue weighted by Crippen LogP contribution is -2.52. The molecule has 0 aliphatic rings. The summed E-state index contributed by atoms with van der Waals surface area (Å²) in [6.45, 7) is 7.68. The number of hydrogen-bond acceptors (Lipinski definition) is 5. The molecule has 0 unspecified atom stereocenters. The fourth-order valence-corrected chi connectivity index (χ4v) is 4.73. The molecule has 1 atom stereocenters. The molecule has 0 saturated carbocycles. The molecule has 0 saturated heterocycles. The zero-order chi connectivity index (χ0) is 26.2. The first-order valence-corrected chi connectivity index (χ1v) is 13.6. The van der Waals surface area contributed by atoms with Gasteiger partial charge in [-0.1, -0.05) is 38.1 Å². The summed E-state index contributed by atoms with van der Waals surface area (Å²) in [6.07, 6.45) is 2.23. The van der Waals surface area contributed by atoms with E-state index in [1.807, 2.05) is 45.0 Å². The first-order valence-electron chi connectivity index (χ1n) is 11.8. The van der Waals surface area contributed by atoms with Gasteiger partial charge in [0.1, 0.15) is 18.3 Å². The van der Waals surface area contributed by atoms with Crippen molar-refractivity contribution in [1.29, 1.82) is 0 Å². The molecule has 1 N–H and O–H groups in total. The average Bonchev–Trinajstić information content (AvgIpc) is 2.81. The van der Waals surface area contributed by atoms with E-state index in [1.54, 1.807) is 32.2 Å². The minimum absolute atomic E-state index is 0.137. The van der Waals surface area contributed by atoms with Crippen molar-refractivity contribution in [2.24, 2.45) is 0 Å². The summed E-state index contributed by atoms with van der Waals surface area (Å²) in [6, 6.07) is 12.0. The second-order valence-electron chi connectivity index (χ2n) is 8.65. The molecule has 8 nitrogen and oxygen atoms in total. The molecule has 0 spiro atoms. The van der Waals surface area contributed by atoms with E-state index in [1.165, 1.54) is 4.90 Å². The second kappa shape index (κ2) is 12.6. The van der Waals surface area contributed by atoms with Crippen LogP contribution in [0, 0.1) is 13.8 Å². The maximum absolute atomic E-state index is 13.7. The normalized spacial score (nSPS) is 12.1. The Kier molecular flexibility index (Phi) is 10.1. The molecular weight excluding hydrogens is 466 g/mol. The van der Waals surface area contributed by atoms with E-state index in [0.717, 1.165) is 33.7 Å². The van der Waals surface area contributed by atoms with Gasteiger partial charge >= 0.3 is 0 Å². The molecule has 2 rings (SSSR count). The van der Waals surface area contributed by atoms with Gasteiger partial charge in [-0.3, -0.25) is 13.9 Å². The van der Waals surface area contributed by atoms with Crippen LogP contribution in [0.2, 0.25) is 0 Å². The Morgan fingerprint density at radius 1 is 1.09 bits per heavy atom. The number of benzene rings is 2. The molecule has 0 aliphatic carbocycles. The fourth-order valence-electron chi connectivity index (χ4n) is 3.84. The molecule has 0 radical (unpaired) electrons. The summed E-state index contributed by atoms with van der Waals surface area (Å²) in [5.74, 6) is -0.0904. The monoisotopic (exact) mass is 503 g/mol. The summed E-state index contributed by atoms with van der Waals surface area (Å²) < 4.78 is 32.0. The fraction of sp³-hybridized carbons (Fsp3) is 0.462. The Labute approximate surface area is 209 Å². The maximum atomic E-state index is 13.7. The number of anilines is 1. The molecule has 192 valence electrons. The van der Waals surface area contributed by atoms with Crippen LogP contribution in [-0.2, 0) is 26.2 Å². The zero-order valence-corrected chi connectivity index (χ0v) is 22.3. The van der Waals surface area contributed by atoms with E-state index in [0.29, 0.717) is 24.4 Å². The van der Waals surface area contributed by atoms with E-state index < -0.39 is 28.5 Å². The van der Waals surface area contributed by atoms with Crippen LogP contribution < -0.4 is 14.4 Å². The number of rotatable bonds is 12. The van der Waals surface area contributed by atoms with E-state index in [4.69, 9.17) is 4.74 Å². The minimum atomic E-state index is -3.77. The highest BCUT2D eigenvalue weighted by Gasteiger charge is 2.32. The molecule has 35 heavy (non-hydrogen) atoms. The predicted molar refractivity (Wildman–Crippen MR) is 139 cm³/mol. The molecule has 2 aromatic rings. The summed E-state index contributed by atoms with van der Waals surface area (Å²) >= 11 is 0. The van der Waals surface area contributed by atoms with Gasteiger partial charge in [-0.05, 0) is 61.6 Å². The van der Waals surface area contributed by atoms with Crippen LogP contribution in [0.1, 0.15) is 43.4 Å². The van der Waals surface area contributed by atoms with Gasteiger partial charge < -0.3 is 15.0 Å². The van der Waals surface area contributed by atoms with Gasteiger partial charge in [0.2, 0.25) is 21.8 Å². The van der Waals surface area contributed by atoms with Crippen molar-refractivity contribution in [2.45, 2.75) is 53.1 Å². The predicted octanol–water partition coefficient (Wildman–Crippen LogP) is 3.41. The number of ether oxygens (including phenoxy) is 1. The van der Waals surface area contributed by atoms with Crippen LogP contribution in [0.3, 0.4) is 0 Å². The number of methoxy groups -OCH3 is 1. The number of hydrogen-bond donors (Lipinski definition) is 1. The average molecular weight is 504 g/mol. The third-order valence-electron chi connectivity index (χ3n) is 5.73. The molecule has 0 heterocycles. The van der Waals surface area contributed by atoms with Crippen LogP contribution in [0.15, 0.2) is 42.5 Å². The largest absolute Gasteiger partial charge is 0.497 e. The van der Waals surface area contributed by atoms with Gasteiger partial charge in [-0.2, -0.15) is 0 Å². The third kappa shape index (κ3) is 7.71. The molecule has 0 aliphatic heterocycles. The number of carbonyl (C=O) groups is 2. The lowest BCUT2D eigenvalue weighted by Gasteiger charge is -2.33. The van der Waals surface area contributed by atoms with Gasteiger partial charge in [-0.15, -0.1) is 0 Å². The van der Waals surface area contributed by atoms with E-state index in [2.05, 4.69) is 5.32 Å². The van der Waals surface area contributed by atoms with Crippen LogP contribution in [0.4, 0.5) is 5.69 Å². The molecule has 2 amide bonds. The van der Waals surface area contributed by atoms with Crippen LogP contribution in [-0.4, -0.2) is 57.6 Å². The van der Waals surface area contributed by atoms with E-state index in [9.17, 15) is 18.0 Å². The maximum Gasteiger partial charge on any atom is 0.244 e. The first-order chi connectivity index (χ1) is 16.5. The van der Waals surface area contributed by atoms with Crippen LogP contribution in [0.5, 0.6) is 5.75 Å². The summed E-state index contributed by atoms with van der Waals surface area (Å²) in [5, 5.41) is 2.87. The van der Waals surface area contributed by atoms with Crippen molar-refractivity contribution in [2.75, 3.05) is 30.8 Å². The number of nitrogens with zero attached hydrogens (tertiary/aromatic N) is 2. The lowest BCUT2D eigenvalue weighted by atomic mass is 10.1. The third-order valence-corrected chi connectivity index (χ3v) is 6.86. The SMILES string of the molecule is CCCNC(=O)[C@@H](CC)N(Cc1cccc(OC)c1)C(=O)CN(c1cc(C)ccc1C)S(C)(=O)=O. The summed E-state index contributed by atoms with van der Waals surface area (Å²) in [7, 11) is -2.21. The van der Waals surface area contributed by atoms with Gasteiger partial charge in [0.05, 0.1) is 19.1 Å². The number of aryl methyl sites for hydroxylation is 2. The summed E-state index contributed by atoms with van der Waals surface area (Å²) in [4.78, 5) is 28.2. The Bertz CT molecular complexity index is 1130. The number of carbonyl (C=O) groups excluding carboxylic acids is 2. The number of sulfonamides is 1. The van der Waals surface area contributed by atoms with Gasteiger partial charge in [-0.25, -0.2) is 8.42 Å². The van der Waals surface area contributed by atoms with Crippen LogP contribution >= 0.6 is 0 Å². The molecule has 0 fully saturated rings. The highest BCUT2D eigenvalue weighted by molar-refractivity contribution is 7.92. The Morgan fingerprint density at radius 3 is 2.40 bits per heavy atom. The quantitative estimate of drug-likeness (QED) is 0.479. The smallest absolute Gasteiger partial charge is 0.244 e. The lowest BCUT2D eigenvalue weighted by molar-refractivity contribution is -0.140. The molecule has 0 bridgehead atoms. The molecular formula is C26H37N3O5S. The van der Waals surface area contributed by atoms with Crippen LogP contribution in [0.25, 0.3) is 0 Å². The minimum Gasteiger partial charge on any atom is -0.497 e. The Morgan fingerprint density at radius 2 is 1.80 bits per heavy atom. The van der Waals surface area contributed by atoms with Crippen molar-refractivity contribution < 1.29 is 22.7 Å². The topological polar surface area (TPSA) is 96.0 Å². The van der Waals surface area contributed by atoms with Crippen molar-refractivity contribution in [3.8, 4) is 5.75 Å². The Hall–Kier alpha value is -3.07. The molecule has 9 heteroatoms. The second-order valence-corrected chi connectivity index (χ2v) is 10.6. The first kappa shape index (κ1) is 28.2. The highest BCUT2D eigenvalue weighted by Crippen LogP contribution is 2.25. The van der Waals surface area contributed by atoms with E-state index in [-0.39, 0.29) is 12.5 Å². The number of amides is 2. The highest BCUT2D eigenvalue weighted by atomic mass is 32.2. The molecule has 0 aromatic heterocycles. The number of nitrogens with one attached hydrogen (secondary N) is 1. The van der Waals surface area contributed by atoms with Gasteiger partial charge in [0, 0.05) is 13.1 Å². The van der Waals surface area contributed by atoms with Crippen molar-refractivity contribution in [1.82, 2.24) is 10.2 Å². The zero-order valence-electron chi connectivity index (χ0n) is 21.5. The van der Waals surface area contributed by atoms with Gasteiger partial charge in [0.15, 0.2) is 0 Å². The standard InChI is InChI=1S/C26H37N3O5S/c1-7-14-27-26(31)23(8-2)28(17-21-10-9-11-22(16-21)34-5)25(30)18-29(35(6,32)33)24-15-19(3)12-13-20(24)4/h9-13,15-16,23H,7-8,14,17-18H2,1-6H3,(H,27,31)/t23-/m1/s1.